The van der Waals surface area contributed by atoms with Gasteiger partial charge in [0.05, 0.1) is 5.52 Å². The first-order valence-electron chi connectivity index (χ1n) is 6.28. The minimum Gasteiger partial charge on any atom is -0.340 e. The molecule has 3 heterocycles. The lowest BCUT2D eigenvalue weighted by molar-refractivity contribution is 0.272. The lowest BCUT2D eigenvalue weighted by Crippen LogP contribution is -2.28. The molecule has 4 nitrogen and oxygen atoms in total. The zero-order valence-corrected chi connectivity index (χ0v) is 10.3. The van der Waals surface area contributed by atoms with Crippen LogP contribution < -0.4 is 0 Å². The number of likely N-dealkylation sites (tertiary alicyclic amines) is 1. The number of nitrogens with one attached hydrogen (secondary N) is 1. The average molecular weight is 230 g/mol. The summed E-state index contributed by atoms with van der Waals surface area (Å²) in [6, 6.07) is 4.61. The summed E-state index contributed by atoms with van der Waals surface area (Å²) < 4.78 is 0. The zero-order valence-electron chi connectivity index (χ0n) is 10.3. The van der Waals surface area contributed by atoms with Gasteiger partial charge in [0.15, 0.2) is 5.65 Å². The van der Waals surface area contributed by atoms with Crippen molar-refractivity contribution in [2.75, 3.05) is 13.1 Å². The van der Waals surface area contributed by atoms with E-state index in [2.05, 4.69) is 33.7 Å². The predicted octanol–water partition coefficient (Wildman–Crippen LogP) is 2.16. The molecule has 0 unspecified atom stereocenters. The number of H-pyrrole nitrogens is 1. The topological polar surface area (TPSA) is 44.8 Å². The third kappa shape index (κ3) is 1.93. The molecule has 0 spiro atoms. The number of aromatic amines is 1. The van der Waals surface area contributed by atoms with Crippen LogP contribution in [-0.4, -0.2) is 39.0 Å². The van der Waals surface area contributed by atoms with Gasteiger partial charge in [-0.05, 0) is 38.9 Å². The molecule has 1 aliphatic heterocycles. The fraction of sp³-hybridized carbons (Fsp3) is 0.538. The van der Waals surface area contributed by atoms with Crippen LogP contribution in [0.2, 0.25) is 0 Å². The van der Waals surface area contributed by atoms with Crippen molar-refractivity contribution >= 4 is 11.2 Å². The Labute approximate surface area is 101 Å². The zero-order chi connectivity index (χ0) is 11.8. The van der Waals surface area contributed by atoms with Gasteiger partial charge in [0.25, 0.3) is 0 Å². The van der Waals surface area contributed by atoms with E-state index in [9.17, 15) is 0 Å². The van der Waals surface area contributed by atoms with E-state index in [1.54, 1.807) is 6.20 Å². The first kappa shape index (κ1) is 10.7. The normalized spacial score (nSPS) is 21.7. The highest BCUT2D eigenvalue weighted by Crippen LogP contribution is 2.27. The van der Waals surface area contributed by atoms with Gasteiger partial charge >= 0.3 is 0 Å². The third-order valence-corrected chi connectivity index (χ3v) is 3.61. The van der Waals surface area contributed by atoms with Crippen molar-refractivity contribution in [2.45, 2.75) is 32.2 Å². The minimum absolute atomic E-state index is 0.534. The van der Waals surface area contributed by atoms with E-state index < -0.39 is 0 Å². The monoisotopic (exact) mass is 230 g/mol. The summed E-state index contributed by atoms with van der Waals surface area (Å²) in [5.41, 5.74) is 1.89. The molecule has 1 atom stereocenters. The average Bonchev–Trinajstić information content (AvgIpc) is 2.95. The fourth-order valence-corrected chi connectivity index (χ4v) is 2.54. The van der Waals surface area contributed by atoms with Gasteiger partial charge in [0.2, 0.25) is 0 Å². The lowest BCUT2D eigenvalue weighted by atomic mass is 10.1. The largest absolute Gasteiger partial charge is 0.340 e. The number of hydrogen-bond acceptors (Lipinski definition) is 3. The molecule has 0 aliphatic carbocycles. The Morgan fingerprint density at radius 3 is 3.06 bits per heavy atom. The molecule has 1 N–H and O–H groups in total. The molecule has 1 saturated heterocycles. The molecule has 0 aromatic carbocycles. The standard InChI is InChI=1S/C13H18N4/c1-9(2)17-7-5-10(8-17)12-15-11-4-3-6-14-13(11)16-12/h3-4,6,9-10H,5,7-8H2,1-2H3,(H,14,15,16)/t10-/m0/s1. The fourth-order valence-electron chi connectivity index (χ4n) is 2.54. The van der Waals surface area contributed by atoms with Gasteiger partial charge in [0, 0.05) is 24.7 Å². The Hall–Kier alpha value is -1.42. The highest BCUT2D eigenvalue weighted by molar-refractivity contribution is 5.70. The number of hydrogen-bond donors (Lipinski definition) is 1. The Bertz CT molecular complexity index is 484. The molecule has 90 valence electrons. The van der Waals surface area contributed by atoms with E-state index >= 15 is 0 Å². The maximum atomic E-state index is 4.60. The van der Waals surface area contributed by atoms with Crippen LogP contribution in [0.1, 0.15) is 32.0 Å². The SMILES string of the molecule is CC(C)N1CC[C@H](c2nc3ncccc3[nH]2)C1. The summed E-state index contributed by atoms with van der Waals surface area (Å²) >= 11 is 0. The van der Waals surface area contributed by atoms with Crippen LogP contribution in [0.25, 0.3) is 11.2 Å². The maximum absolute atomic E-state index is 4.60. The third-order valence-electron chi connectivity index (χ3n) is 3.61. The second-order valence-electron chi connectivity index (χ2n) is 5.07. The van der Waals surface area contributed by atoms with Gasteiger partial charge in [-0.15, -0.1) is 0 Å². The molecule has 0 amide bonds. The molecular formula is C13H18N4. The number of aromatic nitrogens is 3. The Morgan fingerprint density at radius 2 is 2.35 bits per heavy atom. The Kier molecular flexibility index (Phi) is 2.59. The highest BCUT2D eigenvalue weighted by atomic mass is 15.2. The van der Waals surface area contributed by atoms with E-state index in [0.717, 1.165) is 23.5 Å². The van der Waals surface area contributed by atoms with Crippen molar-refractivity contribution in [2.24, 2.45) is 0 Å². The van der Waals surface area contributed by atoms with Gasteiger partial charge in [-0.25, -0.2) is 9.97 Å². The lowest BCUT2D eigenvalue weighted by Gasteiger charge is -2.19. The molecule has 2 aromatic rings. The maximum Gasteiger partial charge on any atom is 0.177 e. The predicted molar refractivity (Wildman–Crippen MR) is 68.0 cm³/mol. The summed E-state index contributed by atoms with van der Waals surface area (Å²) in [5, 5.41) is 0. The molecule has 17 heavy (non-hydrogen) atoms. The quantitative estimate of drug-likeness (QED) is 0.859. The number of pyridine rings is 1. The van der Waals surface area contributed by atoms with Crippen LogP contribution in [0, 0.1) is 0 Å². The van der Waals surface area contributed by atoms with E-state index in [0.29, 0.717) is 12.0 Å². The summed E-state index contributed by atoms with van der Waals surface area (Å²) in [6.45, 7) is 6.79. The van der Waals surface area contributed by atoms with Crippen molar-refractivity contribution in [3.63, 3.8) is 0 Å². The molecule has 0 saturated carbocycles. The summed E-state index contributed by atoms with van der Waals surface area (Å²) in [6.07, 6.45) is 2.99. The summed E-state index contributed by atoms with van der Waals surface area (Å²) in [5.74, 6) is 1.63. The summed E-state index contributed by atoms with van der Waals surface area (Å²) in [7, 11) is 0. The van der Waals surface area contributed by atoms with Crippen LogP contribution >= 0.6 is 0 Å². The van der Waals surface area contributed by atoms with E-state index in [-0.39, 0.29) is 0 Å². The van der Waals surface area contributed by atoms with Crippen LogP contribution in [0.3, 0.4) is 0 Å². The molecular weight excluding hydrogens is 212 g/mol. The van der Waals surface area contributed by atoms with Crippen molar-refractivity contribution < 1.29 is 0 Å². The van der Waals surface area contributed by atoms with Gasteiger partial charge < -0.3 is 9.88 Å². The minimum atomic E-state index is 0.534. The van der Waals surface area contributed by atoms with Gasteiger partial charge in [-0.2, -0.15) is 0 Å². The number of nitrogens with zero attached hydrogens (tertiary/aromatic N) is 3. The van der Waals surface area contributed by atoms with E-state index in [1.807, 2.05) is 12.1 Å². The van der Waals surface area contributed by atoms with Crippen LogP contribution in [0.4, 0.5) is 0 Å². The number of imidazole rings is 1. The second kappa shape index (κ2) is 4.11. The molecule has 2 aromatic heterocycles. The highest BCUT2D eigenvalue weighted by Gasteiger charge is 2.27. The summed E-state index contributed by atoms with van der Waals surface area (Å²) in [4.78, 5) is 14.8. The molecule has 1 fully saturated rings. The Balaban J connectivity index is 1.85. The van der Waals surface area contributed by atoms with Crippen molar-refractivity contribution in [3.8, 4) is 0 Å². The first-order chi connectivity index (χ1) is 8.24. The smallest absolute Gasteiger partial charge is 0.177 e. The molecule has 0 bridgehead atoms. The van der Waals surface area contributed by atoms with Crippen LogP contribution in [-0.2, 0) is 0 Å². The molecule has 0 radical (unpaired) electrons. The van der Waals surface area contributed by atoms with Crippen molar-refractivity contribution in [1.82, 2.24) is 19.9 Å². The van der Waals surface area contributed by atoms with Gasteiger partial charge in [-0.1, -0.05) is 0 Å². The molecule has 1 aliphatic rings. The van der Waals surface area contributed by atoms with Gasteiger partial charge in [-0.3, -0.25) is 0 Å². The van der Waals surface area contributed by atoms with Crippen molar-refractivity contribution in [3.05, 3.63) is 24.2 Å². The number of fused-ring (bicyclic) bond motifs is 1. The van der Waals surface area contributed by atoms with Gasteiger partial charge in [0.1, 0.15) is 5.82 Å². The van der Waals surface area contributed by atoms with Crippen molar-refractivity contribution in [1.29, 1.82) is 0 Å². The first-order valence-corrected chi connectivity index (χ1v) is 6.28. The molecule has 3 rings (SSSR count). The van der Waals surface area contributed by atoms with Crippen LogP contribution in [0.15, 0.2) is 18.3 Å². The molecule has 4 heteroatoms. The van der Waals surface area contributed by atoms with E-state index in [1.165, 1.54) is 13.0 Å². The number of rotatable bonds is 2. The van der Waals surface area contributed by atoms with E-state index in [4.69, 9.17) is 0 Å². The second-order valence-corrected chi connectivity index (χ2v) is 5.07. The Morgan fingerprint density at radius 1 is 1.47 bits per heavy atom. The van der Waals surface area contributed by atoms with Crippen LogP contribution in [0.5, 0.6) is 0 Å².